The summed E-state index contributed by atoms with van der Waals surface area (Å²) in [5.41, 5.74) is 2.05. The van der Waals surface area contributed by atoms with Gasteiger partial charge in [0.1, 0.15) is 10.7 Å². The Labute approximate surface area is 196 Å². The number of anilines is 1. The highest BCUT2D eigenvalue weighted by molar-refractivity contribution is 7.18. The minimum atomic E-state index is -0.373. The van der Waals surface area contributed by atoms with E-state index in [0.717, 1.165) is 49.5 Å². The molecule has 5 rings (SSSR count). The third-order valence-corrected chi connectivity index (χ3v) is 7.89. The first-order valence-corrected chi connectivity index (χ1v) is 12.2. The smallest absolute Gasteiger partial charge is 0.293 e. The van der Waals surface area contributed by atoms with Crippen LogP contribution in [-0.2, 0) is 0 Å². The van der Waals surface area contributed by atoms with Crippen LogP contribution in [-0.4, -0.2) is 64.9 Å². The molecule has 3 aromatic rings. The van der Waals surface area contributed by atoms with E-state index in [0.29, 0.717) is 24.3 Å². The van der Waals surface area contributed by atoms with Gasteiger partial charge in [0.05, 0.1) is 21.2 Å². The van der Waals surface area contributed by atoms with Crippen molar-refractivity contribution in [3.05, 3.63) is 63.1 Å². The largest absolute Gasteiger partial charge is 0.366 e. The van der Waals surface area contributed by atoms with Crippen LogP contribution in [0.4, 0.5) is 11.4 Å². The van der Waals surface area contributed by atoms with E-state index < -0.39 is 0 Å². The average molecular weight is 466 g/mol. The van der Waals surface area contributed by atoms with Gasteiger partial charge in [-0.25, -0.2) is 4.98 Å². The maximum absolute atomic E-state index is 13.1. The fraction of sp³-hybridized carbons (Fsp3) is 0.417. The molecule has 2 aliphatic heterocycles. The average Bonchev–Trinajstić information content (AvgIpc) is 3.53. The minimum absolute atomic E-state index is 0.0193. The maximum Gasteiger partial charge on any atom is 0.293 e. The van der Waals surface area contributed by atoms with Crippen LogP contribution in [0, 0.1) is 10.1 Å². The number of carbonyl (C=O) groups excluding carboxylic acids is 1. The molecule has 1 atom stereocenters. The molecule has 0 spiro atoms. The van der Waals surface area contributed by atoms with Crippen LogP contribution in [0.3, 0.4) is 0 Å². The number of hydrogen-bond acceptors (Lipinski definition) is 7. The van der Waals surface area contributed by atoms with Gasteiger partial charge < -0.3 is 9.80 Å². The summed E-state index contributed by atoms with van der Waals surface area (Å²) in [6.45, 7) is 6.49. The molecule has 2 aromatic carbocycles. The van der Waals surface area contributed by atoms with Crippen molar-refractivity contribution in [1.82, 2.24) is 14.8 Å². The van der Waals surface area contributed by atoms with Gasteiger partial charge in [-0.1, -0.05) is 12.1 Å². The molecule has 0 saturated carbocycles. The number of fused-ring (bicyclic) bond motifs is 1. The number of amides is 1. The second-order valence-electron chi connectivity index (χ2n) is 8.68. The molecular weight excluding hydrogens is 438 g/mol. The lowest BCUT2D eigenvalue weighted by Crippen LogP contribution is -2.49. The fourth-order valence-corrected chi connectivity index (χ4v) is 5.80. The highest BCUT2D eigenvalue weighted by Gasteiger charge is 2.29. The van der Waals surface area contributed by atoms with E-state index in [1.807, 2.05) is 23.1 Å². The van der Waals surface area contributed by atoms with E-state index in [4.69, 9.17) is 4.98 Å². The second kappa shape index (κ2) is 9.07. The Morgan fingerprint density at radius 1 is 1.06 bits per heavy atom. The molecule has 2 fully saturated rings. The van der Waals surface area contributed by atoms with Crippen LogP contribution in [0.1, 0.15) is 41.2 Å². The number of piperazine rings is 1. The summed E-state index contributed by atoms with van der Waals surface area (Å²) in [6.07, 6.45) is 2.08. The van der Waals surface area contributed by atoms with E-state index >= 15 is 0 Å². The van der Waals surface area contributed by atoms with Gasteiger partial charge in [0.15, 0.2) is 0 Å². The van der Waals surface area contributed by atoms with Crippen molar-refractivity contribution in [3.63, 3.8) is 0 Å². The van der Waals surface area contributed by atoms with Crippen molar-refractivity contribution in [1.29, 1.82) is 0 Å². The van der Waals surface area contributed by atoms with Crippen LogP contribution in [0.25, 0.3) is 10.2 Å². The van der Waals surface area contributed by atoms with Crippen LogP contribution in [0.2, 0.25) is 0 Å². The normalized spacial score (nSPS) is 18.1. The molecule has 2 aliphatic rings. The van der Waals surface area contributed by atoms with E-state index in [1.54, 1.807) is 28.4 Å². The molecule has 0 bridgehead atoms. The van der Waals surface area contributed by atoms with Gasteiger partial charge in [-0.3, -0.25) is 19.8 Å². The Morgan fingerprint density at radius 2 is 1.79 bits per heavy atom. The molecule has 1 amide bonds. The third kappa shape index (κ3) is 4.30. The summed E-state index contributed by atoms with van der Waals surface area (Å²) in [7, 11) is 0. The number of nitrogens with zero attached hydrogens (tertiary/aromatic N) is 5. The number of hydrogen-bond donors (Lipinski definition) is 0. The number of nitro groups is 1. The number of carbonyl (C=O) groups is 1. The third-order valence-electron chi connectivity index (χ3n) is 6.68. The highest BCUT2D eigenvalue weighted by Crippen LogP contribution is 2.33. The molecule has 0 radical (unpaired) electrons. The summed E-state index contributed by atoms with van der Waals surface area (Å²) in [5, 5.41) is 12.8. The Kier molecular flexibility index (Phi) is 5.99. The molecule has 2 saturated heterocycles. The Morgan fingerprint density at radius 3 is 2.48 bits per heavy atom. The van der Waals surface area contributed by atoms with E-state index in [2.05, 4.69) is 17.9 Å². The van der Waals surface area contributed by atoms with Gasteiger partial charge in [0, 0.05) is 50.9 Å². The molecule has 8 nitrogen and oxygen atoms in total. The molecular formula is C24H27N5O3S. The molecule has 0 N–H and O–H groups in total. The van der Waals surface area contributed by atoms with Gasteiger partial charge in [-0.05, 0) is 44.0 Å². The second-order valence-corrected chi connectivity index (χ2v) is 9.74. The monoisotopic (exact) mass is 465 g/mol. The number of nitro benzene ring substituents is 1. The molecule has 0 aliphatic carbocycles. The summed E-state index contributed by atoms with van der Waals surface area (Å²) >= 11 is 1.72. The Hall–Kier alpha value is -3.04. The number of aromatic nitrogens is 1. The SMILES string of the molecule is CC(c1nc2ccccc2s1)N1CCN(C(=O)c2ccc(N3CCCC3)c([N+](=O)[O-])c2)CC1. The van der Waals surface area contributed by atoms with Gasteiger partial charge in [0.25, 0.3) is 11.6 Å². The molecule has 3 heterocycles. The van der Waals surface area contributed by atoms with Crippen molar-refractivity contribution in [2.45, 2.75) is 25.8 Å². The quantitative estimate of drug-likeness (QED) is 0.412. The lowest BCUT2D eigenvalue weighted by molar-refractivity contribution is -0.384. The highest BCUT2D eigenvalue weighted by atomic mass is 32.1. The van der Waals surface area contributed by atoms with Gasteiger partial charge >= 0.3 is 0 Å². The molecule has 172 valence electrons. The van der Waals surface area contributed by atoms with Gasteiger partial charge in [-0.15, -0.1) is 11.3 Å². The topological polar surface area (TPSA) is 82.8 Å². The predicted molar refractivity (Wildman–Crippen MR) is 130 cm³/mol. The van der Waals surface area contributed by atoms with E-state index in [9.17, 15) is 14.9 Å². The van der Waals surface area contributed by atoms with Crippen molar-refractivity contribution in [2.75, 3.05) is 44.2 Å². The van der Waals surface area contributed by atoms with Crippen LogP contribution in [0.15, 0.2) is 42.5 Å². The van der Waals surface area contributed by atoms with Crippen molar-refractivity contribution in [3.8, 4) is 0 Å². The van der Waals surface area contributed by atoms with Crippen LogP contribution >= 0.6 is 11.3 Å². The summed E-state index contributed by atoms with van der Waals surface area (Å²) in [6, 6.07) is 13.3. The number of benzene rings is 2. The maximum atomic E-state index is 13.1. The summed E-state index contributed by atoms with van der Waals surface area (Å²) in [4.78, 5) is 35.4. The zero-order chi connectivity index (χ0) is 22.9. The first-order chi connectivity index (χ1) is 16.0. The number of para-hydroxylation sites is 1. The molecule has 1 aromatic heterocycles. The van der Waals surface area contributed by atoms with Crippen molar-refractivity contribution >= 4 is 38.8 Å². The first kappa shape index (κ1) is 21.8. The number of rotatable bonds is 5. The summed E-state index contributed by atoms with van der Waals surface area (Å²) < 4.78 is 1.19. The standard InChI is InChI=1S/C24H27N5O3S/c1-17(23-25-19-6-2-3-7-22(19)33-23)26-12-14-28(15-13-26)24(30)18-8-9-20(21(16-18)29(31)32)27-10-4-5-11-27/h2-3,6-9,16-17H,4-5,10-15H2,1H3. The van der Waals surface area contributed by atoms with Gasteiger partial charge in [0.2, 0.25) is 0 Å². The van der Waals surface area contributed by atoms with Gasteiger partial charge in [-0.2, -0.15) is 0 Å². The first-order valence-electron chi connectivity index (χ1n) is 11.4. The molecule has 9 heteroatoms. The molecule has 1 unspecified atom stereocenters. The predicted octanol–water partition coefficient (Wildman–Crippen LogP) is 4.32. The van der Waals surface area contributed by atoms with E-state index in [1.165, 1.54) is 10.8 Å². The van der Waals surface area contributed by atoms with E-state index in [-0.39, 0.29) is 22.6 Å². The Balaban J connectivity index is 1.26. The molecule has 33 heavy (non-hydrogen) atoms. The zero-order valence-corrected chi connectivity index (χ0v) is 19.5. The van der Waals surface area contributed by atoms with Crippen molar-refractivity contribution in [2.24, 2.45) is 0 Å². The lowest BCUT2D eigenvalue weighted by atomic mass is 10.1. The lowest BCUT2D eigenvalue weighted by Gasteiger charge is -2.37. The summed E-state index contributed by atoms with van der Waals surface area (Å²) in [5.74, 6) is -0.140. The zero-order valence-electron chi connectivity index (χ0n) is 18.6. The Bertz CT molecular complexity index is 1150. The fourth-order valence-electron chi connectivity index (χ4n) is 4.75. The van der Waals surface area contributed by atoms with Crippen LogP contribution in [0.5, 0.6) is 0 Å². The minimum Gasteiger partial charge on any atom is -0.366 e. The van der Waals surface area contributed by atoms with Crippen LogP contribution < -0.4 is 4.90 Å². The number of thiazole rings is 1. The van der Waals surface area contributed by atoms with Crippen molar-refractivity contribution < 1.29 is 9.72 Å².